The van der Waals surface area contributed by atoms with E-state index in [0.29, 0.717) is 0 Å². The molecule has 0 aliphatic heterocycles. The van der Waals surface area contributed by atoms with Crippen molar-refractivity contribution in [2.24, 2.45) is 0 Å². The SMILES string of the molecule is [CH2]CCC=C=CCCCCC/C=C/C. The van der Waals surface area contributed by atoms with Gasteiger partial charge in [-0.1, -0.05) is 25.5 Å². The van der Waals surface area contributed by atoms with Gasteiger partial charge in [0.05, 0.1) is 0 Å². The fraction of sp³-hybridized carbons (Fsp3) is 0.571. The molecule has 0 aromatic rings. The van der Waals surface area contributed by atoms with Crippen LogP contribution in [0.3, 0.4) is 0 Å². The summed E-state index contributed by atoms with van der Waals surface area (Å²) in [6.07, 6.45) is 17.0. The third kappa shape index (κ3) is 11.3. The minimum atomic E-state index is 0.976. The predicted molar refractivity (Wildman–Crippen MR) is 65.1 cm³/mol. The Morgan fingerprint density at radius 2 is 1.71 bits per heavy atom. The molecule has 0 aromatic carbocycles. The molecule has 0 saturated carbocycles. The van der Waals surface area contributed by atoms with Crippen LogP contribution in [0.25, 0.3) is 0 Å². The third-order valence-electron chi connectivity index (χ3n) is 2.04. The minimum Gasteiger partial charge on any atom is -0.130 e. The molecule has 0 atom stereocenters. The Bertz CT molecular complexity index is 180. The number of hydrogen-bond acceptors (Lipinski definition) is 0. The molecule has 0 amide bonds. The molecule has 0 fully saturated rings. The van der Waals surface area contributed by atoms with Crippen LogP contribution >= 0.6 is 0 Å². The van der Waals surface area contributed by atoms with Crippen molar-refractivity contribution in [3.63, 3.8) is 0 Å². The number of allylic oxidation sites excluding steroid dienone is 3. The number of rotatable bonds is 8. The van der Waals surface area contributed by atoms with E-state index >= 15 is 0 Å². The summed E-state index contributed by atoms with van der Waals surface area (Å²) in [5, 5.41) is 0. The van der Waals surface area contributed by atoms with E-state index in [2.05, 4.69) is 43.9 Å². The first-order chi connectivity index (χ1) is 6.91. The highest BCUT2D eigenvalue weighted by atomic mass is 13.9. The summed E-state index contributed by atoms with van der Waals surface area (Å²) in [5.74, 6) is 0. The van der Waals surface area contributed by atoms with Crippen LogP contribution in [0.5, 0.6) is 0 Å². The Labute approximate surface area is 89.4 Å². The van der Waals surface area contributed by atoms with Crippen LogP contribution < -0.4 is 0 Å². The van der Waals surface area contributed by atoms with Gasteiger partial charge in [-0.25, -0.2) is 0 Å². The van der Waals surface area contributed by atoms with Gasteiger partial charge in [0.15, 0.2) is 0 Å². The Morgan fingerprint density at radius 1 is 1.00 bits per heavy atom. The van der Waals surface area contributed by atoms with Crippen molar-refractivity contribution in [2.45, 2.75) is 51.9 Å². The Balaban J connectivity index is 3.16. The highest BCUT2D eigenvalue weighted by molar-refractivity contribution is 4.84. The molecule has 0 aliphatic rings. The first kappa shape index (κ1) is 13.3. The van der Waals surface area contributed by atoms with E-state index in [1.165, 1.54) is 32.1 Å². The summed E-state index contributed by atoms with van der Waals surface area (Å²) in [4.78, 5) is 0. The second-order valence-corrected chi connectivity index (χ2v) is 3.42. The molecular weight excluding hydrogens is 168 g/mol. The maximum atomic E-state index is 3.77. The van der Waals surface area contributed by atoms with Crippen molar-refractivity contribution in [3.8, 4) is 0 Å². The average Bonchev–Trinajstić information content (AvgIpc) is 2.21. The Hall–Kier alpha value is -0.740. The fourth-order valence-corrected chi connectivity index (χ4v) is 1.20. The molecule has 0 saturated heterocycles. The van der Waals surface area contributed by atoms with Gasteiger partial charge >= 0.3 is 0 Å². The molecule has 0 spiro atoms. The second kappa shape index (κ2) is 12.3. The van der Waals surface area contributed by atoms with Crippen molar-refractivity contribution in [1.29, 1.82) is 0 Å². The average molecular weight is 191 g/mol. The van der Waals surface area contributed by atoms with Crippen LogP contribution in [-0.2, 0) is 0 Å². The second-order valence-electron chi connectivity index (χ2n) is 3.42. The number of unbranched alkanes of at least 4 members (excludes halogenated alkanes) is 5. The highest BCUT2D eigenvalue weighted by Gasteiger charge is 1.84. The first-order valence-electron chi connectivity index (χ1n) is 5.71. The zero-order valence-corrected chi connectivity index (χ0v) is 9.47. The van der Waals surface area contributed by atoms with E-state index in [4.69, 9.17) is 0 Å². The van der Waals surface area contributed by atoms with Gasteiger partial charge in [0.2, 0.25) is 0 Å². The lowest BCUT2D eigenvalue weighted by Gasteiger charge is -1.93. The molecule has 0 unspecified atom stereocenters. The Morgan fingerprint density at radius 3 is 2.43 bits per heavy atom. The summed E-state index contributed by atoms with van der Waals surface area (Å²) in [6.45, 7) is 5.85. The molecule has 0 nitrogen and oxygen atoms in total. The monoisotopic (exact) mass is 191 g/mol. The topological polar surface area (TPSA) is 0 Å². The van der Waals surface area contributed by atoms with Gasteiger partial charge < -0.3 is 0 Å². The maximum Gasteiger partial charge on any atom is -0.0274 e. The molecule has 0 bridgehead atoms. The van der Waals surface area contributed by atoms with Crippen LogP contribution in [0.4, 0.5) is 0 Å². The molecule has 0 N–H and O–H groups in total. The van der Waals surface area contributed by atoms with Gasteiger partial charge in [0, 0.05) is 0 Å². The number of hydrogen-bond donors (Lipinski definition) is 0. The molecule has 0 rings (SSSR count). The molecule has 14 heavy (non-hydrogen) atoms. The first-order valence-corrected chi connectivity index (χ1v) is 5.71. The molecule has 79 valence electrons. The predicted octanol–water partition coefficient (Wildman–Crippen LogP) is 4.84. The van der Waals surface area contributed by atoms with Gasteiger partial charge in [-0.15, -0.1) is 5.73 Å². The van der Waals surface area contributed by atoms with Crippen LogP contribution in [0.15, 0.2) is 30.0 Å². The smallest absolute Gasteiger partial charge is 0.0274 e. The zero-order valence-electron chi connectivity index (χ0n) is 9.47. The summed E-state index contributed by atoms with van der Waals surface area (Å²) in [6, 6.07) is 0. The van der Waals surface area contributed by atoms with Gasteiger partial charge in [0.1, 0.15) is 0 Å². The van der Waals surface area contributed by atoms with E-state index in [1.54, 1.807) is 0 Å². The largest absolute Gasteiger partial charge is 0.130 e. The minimum absolute atomic E-state index is 0.976. The van der Waals surface area contributed by atoms with Crippen LogP contribution in [0.2, 0.25) is 0 Å². The summed E-state index contributed by atoms with van der Waals surface area (Å²) < 4.78 is 0. The summed E-state index contributed by atoms with van der Waals surface area (Å²) in [7, 11) is 0. The summed E-state index contributed by atoms with van der Waals surface area (Å²) >= 11 is 0. The van der Waals surface area contributed by atoms with E-state index < -0.39 is 0 Å². The molecular formula is C14H23. The molecule has 0 aromatic heterocycles. The third-order valence-corrected chi connectivity index (χ3v) is 2.04. The lowest BCUT2D eigenvalue weighted by Crippen LogP contribution is -1.73. The van der Waals surface area contributed by atoms with Crippen molar-refractivity contribution < 1.29 is 0 Å². The van der Waals surface area contributed by atoms with Gasteiger partial charge in [-0.05, 0) is 57.6 Å². The van der Waals surface area contributed by atoms with Crippen LogP contribution in [0, 0.1) is 6.92 Å². The maximum absolute atomic E-state index is 3.77. The van der Waals surface area contributed by atoms with Crippen molar-refractivity contribution in [1.82, 2.24) is 0 Å². The van der Waals surface area contributed by atoms with Gasteiger partial charge in [0.25, 0.3) is 0 Å². The lowest BCUT2D eigenvalue weighted by atomic mass is 10.1. The van der Waals surface area contributed by atoms with E-state index in [9.17, 15) is 0 Å². The molecule has 1 radical (unpaired) electrons. The fourth-order valence-electron chi connectivity index (χ4n) is 1.20. The Kier molecular flexibility index (Phi) is 11.6. The van der Waals surface area contributed by atoms with E-state index in [-0.39, 0.29) is 0 Å². The van der Waals surface area contributed by atoms with E-state index in [0.717, 1.165) is 12.8 Å². The van der Waals surface area contributed by atoms with Crippen LogP contribution in [0.1, 0.15) is 51.9 Å². The molecule has 0 heteroatoms. The van der Waals surface area contributed by atoms with Gasteiger partial charge in [-0.3, -0.25) is 0 Å². The standard InChI is InChI=1S/C14H23/c1-3-5-7-9-11-13-14-12-10-8-6-4-2/h4,6-7,11H,1,3,5,8,10,12-14H2,2H3/b6-4+. The quantitative estimate of drug-likeness (QED) is 0.292. The normalized spacial score (nSPS) is 10.1. The molecule has 0 heterocycles. The van der Waals surface area contributed by atoms with Gasteiger partial charge in [-0.2, -0.15) is 0 Å². The van der Waals surface area contributed by atoms with Crippen molar-refractivity contribution in [2.75, 3.05) is 0 Å². The van der Waals surface area contributed by atoms with E-state index in [1.807, 2.05) is 0 Å². The van der Waals surface area contributed by atoms with Crippen molar-refractivity contribution in [3.05, 3.63) is 37.0 Å². The summed E-state index contributed by atoms with van der Waals surface area (Å²) in [5.41, 5.74) is 3.18. The molecule has 0 aliphatic carbocycles. The highest BCUT2D eigenvalue weighted by Crippen LogP contribution is 2.03. The zero-order chi connectivity index (χ0) is 10.5. The van der Waals surface area contributed by atoms with Crippen LogP contribution in [-0.4, -0.2) is 0 Å². The lowest BCUT2D eigenvalue weighted by molar-refractivity contribution is 0.696. The van der Waals surface area contributed by atoms with Crippen molar-refractivity contribution >= 4 is 0 Å².